The summed E-state index contributed by atoms with van der Waals surface area (Å²) in [6, 6.07) is 10.4. The molecule has 1 heteroatoms. The van der Waals surface area contributed by atoms with E-state index >= 15 is 0 Å². The number of aromatic nitrogens is 1. The fourth-order valence-corrected chi connectivity index (χ4v) is 1.60. The van der Waals surface area contributed by atoms with Crippen LogP contribution in [-0.2, 0) is 0 Å². The molecule has 0 aliphatic carbocycles. The second-order valence-electron chi connectivity index (χ2n) is 3.57. The van der Waals surface area contributed by atoms with Gasteiger partial charge in [-0.2, -0.15) is 0 Å². The third kappa shape index (κ3) is 2.56. The molecule has 0 aliphatic heterocycles. The first-order valence-electron chi connectivity index (χ1n) is 5.62. The van der Waals surface area contributed by atoms with Crippen LogP contribution in [0.15, 0.2) is 36.5 Å². The van der Waals surface area contributed by atoms with E-state index in [1.54, 1.807) is 0 Å². The smallest absolute Gasteiger partial charge is 0.0507 e. The molecule has 0 saturated carbocycles. The number of hydrogen-bond donors (Lipinski definition) is 0. The molecule has 1 aromatic heterocycles. The molecule has 1 nitrogen and oxygen atoms in total. The number of fused-ring (bicyclic) bond motifs is 1. The highest BCUT2D eigenvalue weighted by Gasteiger charge is 2.04. The topological polar surface area (TPSA) is 12.9 Å². The molecular weight excluding hydrogens is 182 g/mol. The molecule has 0 spiro atoms. The van der Waals surface area contributed by atoms with Gasteiger partial charge in [-0.05, 0) is 17.4 Å². The summed E-state index contributed by atoms with van der Waals surface area (Å²) >= 11 is 0. The van der Waals surface area contributed by atoms with E-state index < -0.39 is 0 Å². The van der Waals surface area contributed by atoms with Gasteiger partial charge in [0.1, 0.15) is 0 Å². The number of benzene rings is 1. The Morgan fingerprint density at radius 2 is 1.67 bits per heavy atom. The monoisotopic (exact) mass is 201 g/mol. The van der Waals surface area contributed by atoms with Crippen molar-refractivity contribution in [2.24, 2.45) is 0 Å². The van der Waals surface area contributed by atoms with Crippen molar-refractivity contribution in [3.8, 4) is 0 Å². The molecule has 0 amide bonds. The van der Waals surface area contributed by atoms with Gasteiger partial charge < -0.3 is 0 Å². The minimum atomic E-state index is 0.492. The summed E-state index contributed by atoms with van der Waals surface area (Å²) in [5, 5.41) is 2.56. The third-order valence-corrected chi connectivity index (χ3v) is 2.25. The van der Waals surface area contributed by atoms with E-state index in [0.29, 0.717) is 5.92 Å². The Kier molecular flexibility index (Phi) is 4.29. The molecule has 80 valence electrons. The van der Waals surface area contributed by atoms with Crippen LogP contribution >= 0.6 is 0 Å². The van der Waals surface area contributed by atoms with Crippen LogP contribution in [0.2, 0.25) is 0 Å². The summed E-state index contributed by atoms with van der Waals surface area (Å²) in [4.78, 5) is 4.41. The Balaban J connectivity index is 0.000000531. The summed E-state index contributed by atoms with van der Waals surface area (Å²) in [6.45, 7) is 8.35. The highest BCUT2D eigenvalue weighted by molar-refractivity contribution is 5.84. The van der Waals surface area contributed by atoms with Gasteiger partial charge >= 0.3 is 0 Å². The Bertz CT molecular complexity index is 413. The van der Waals surface area contributed by atoms with Crippen molar-refractivity contribution >= 4 is 10.8 Å². The lowest BCUT2D eigenvalue weighted by Crippen LogP contribution is -1.92. The van der Waals surface area contributed by atoms with Gasteiger partial charge in [-0.3, -0.25) is 4.98 Å². The van der Waals surface area contributed by atoms with E-state index in [2.05, 4.69) is 49.2 Å². The number of rotatable bonds is 1. The quantitative estimate of drug-likeness (QED) is 0.667. The zero-order valence-corrected chi connectivity index (χ0v) is 9.99. The van der Waals surface area contributed by atoms with Crippen LogP contribution in [0.5, 0.6) is 0 Å². The molecule has 0 atom stereocenters. The number of hydrogen-bond acceptors (Lipinski definition) is 1. The molecule has 0 unspecified atom stereocenters. The molecule has 15 heavy (non-hydrogen) atoms. The molecule has 2 rings (SSSR count). The Morgan fingerprint density at radius 1 is 1.00 bits per heavy atom. The molecule has 2 aromatic rings. The van der Waals surface area contributed by atoms with Crippen LogP contribution < -0.4 is 0 Å². The molecule has 0 N–H and O–H groups in total. The van der Waals surface area contributed by atoms with Crippen LogP contribution in [0.4, 0.5) is 0 Å². The molecule has 0 saturated heterocycles. The van der Waals surface area contributed by atoms with Crippen molar-refractivity contribution < 1.29 is 0 Å². The van der Waals surface area contributed by atoms with Gasteiger partial charge in [-0.1, -0.05) is 52.0 Å². The van der Waals surface area contributed by atoms with Gasteiger partial charge in [0, 0.05) is 11.6 Å². The van der Waals surface area contributed by atoms with Gasteiger partial charge in [0.05, 0.1) is 5.69 Å². The maximum Gasteiger partial charge on any atom is 0.0507 e. The van der Waals surface area contributed by atoms with Crippen molar-refractivity contribution in [3.63, 3.8) is 0 Å². The molecule has 1 aromatic carbocycles. The zero-order valence-electron chi connectivity index (χ0n) is 9.99. The molecule has 0 aliphatic rings. The maximum atomic E-state index is 4.41. The average Bonchev–Trinajstić information content (AvgIpc) is 2.31. The Morgan fingerprint density at radius 3 is 2.33 bits per heavy atom. The fraction of sp³-hybridized carbons (Fsp3) is 0.357. The molecule has 0 bridgehead atoms. The summed E-state index contributed by atoms with van der Waals surface area (Å²) < 4.78 is 0. The Hall–Kier alpha value is -1.37. The molecular formula is C14H19N. The molecule has 0 radical (unpaired) electrons. The van der Waals surface area contributed by atoms with Crippen molar-refractivity contribution in [3.05, 3.63) is 42.2 Å². The third-order valence-electron chi connectivity index (χ3n) is 2.25. The highest BCUT2D eigenvalue weighted by atomic mass is 14.7. The first-order valence-corrected chi connectivity index (χ1v) is 5.62. The molecule has 1 heterocycles. The predicted octanol–water partition coefficient (Wildman–Crippen LogP) is 4.38. The predicted molar refractivity (Wildman–Crippen MR) is 67.2 cm³/mol. The summed E-state index contributed by atoms with van der Waals surface area (Å²) in [7, 11) is 0. The van der Waals surface area contributed by atoms with Crippen LogP contribution in [-0.4, -0.2) is 4.98 Å². The fourth-order valence-electron chi connectivity index (χ4n) is 1.60. The first kappa shape index (κ1) is 11.7. The van der Waals surface area contributed by atoms with Gasteiger partial charge in [0.2, 0.25) is 0 Å². The maximum absolute atomic E-state index is 4.41. The first-order chi connectivity index (χ1) is 7.29. The van der Waals surface area contributed by atoms with E-state index in [9.17, 15) is 0 Å². The van der Waals surface area contributed by atoms with Gasteiger partial charge in [-0.25, -0.2) is 0 Å². The standard InChI is InChI=1S/C12H13N.C2H6/c1-9(2)12-11-6-4-3-5-10(11)7-8-13-12;1-2/h3-9H,1-2H3;1-2H3. The van der Waals surface area contributed by atoms with Crippen molar-refractivity contribution in [1.82, 2.24) is 4.98 Å². The van der Waals surface area contributed by atoms with Gasteiger partial charge in [0.25, 0.3) is 0 Å². The largest absolute Gasteiger partial charge is 0.260 e. The van der Waals surface area contributed by atoms with Crippen LogP contribution in [0.3, 0.4) is 0 Å². The van der Waals surface area contributed by atoms with E-state index in [1.807, 2.05) is 20.0 Å². The van der Waals surface area contributed by atoms with Crippen LogP contribution in [0.1, 0.15) is 39.3 Å². The van der Waals surface area contributed by atoms with Crippen molar-refractivity contribution in [1.29, 1.82) is 0 Å². The van der Waals surface area contributed by atoms with Gasteiger partial charge in [0.15, 0.2) is 0 Å². The van der Waals surface area contributed by atoms with E-state index in [-0.39, 0.29) is 0 Å². The van der Waals surface area contributed by atoms with Crippen molar-refractivity contribution in [2.45, 2.75) is 33.6 Å². The van der Waals surface area contributed by atoms with Gasteiger partial charge in [-0.15, -0.1) is 0 Å². The Labute approximate surface area is 92.2 Å². The van der Waals surface area contributed by atoms with Crippen molar-refractivity contribution in [2.75, 3.05) is 0 Å². The lowest BCUT2D eigenvalue weighted by atomic mass is 10.0. The minimum absolute atomic E-state index is 0.492. The summed E-state index contributed by atoms with van der Waals surface area (Å²) in [6.07, 6.45) is 1.89. The number of pyridine rings is 1. The lowest BCUT2D eigenvalue weighted by molar-refractivity contribution is 0.834. The second kappa shape index (κ2) is 5.50. The zero-order chi connectivity index (χ0) is 11.3. The van der Waals surface area contributed by atoms with Crippen LogP contribution in [0, 0.1) is 0 Å². The van der Waals surface area contributed by atoms with E-state index in [0.717, 1.165) is 0 Å². The molecule has 0 fully saturated rings. The second-order valence-corrected chi connectivity index (χ2v) is 3.57. The lowest BCUT2D eigenvalue weighted by Gasteiger charge is -2.07. The number of nitrogens with zero attached hydrogens (tertiary/aromatic N) is 1. The van der Waals surface area contributed by atoms with E-state index in [4.69, 9.17) is 0 Å². The minimum Gasteiger partial charge on any atom is -0.260 e. The SMILES string of the molecule is CC.CC(C)c1nccc2ccccc12. The van der Waals surface area contributed by atoms with E-state index in [1.165, 1.54) is 16.5 Å². The van der Waals surface area contributed by atoms with Crippen LogP contribution in [0.25, 0.3) is 10.8 Å². The highest BCUT2D eigenvalue weighted by Crippen LogP contribution is 2.22. The normalized spacial score (nSPS) is 9.93. The summed E-state index contributed by atoms with van der Waals surface area (Å²) in [5.74, 6) is 0.492. The average molecular weight is 201 g/mol. The summed E-state index contributed by atoms with van der Waals surface area (Å²) in [5.41, 5.74) is 1.19.